The van der Waals surface area contributed by atoms with Crippen molar-refractivity contribution in [3.8, 4) is 0 Å². The number of aromatic carboxylic acids is 1. The maximum Gasteiger partial charge on any atom is 0.410 e. The summed E-state index contributed by atoms with van der Waals surface area (Å²) in [5.74, 6) is 0.0742. The minimum Gasteiger partial charge on any atom is -0.478 e. The van der Waals surface area contributed by atoms with Crippen LogP contribution in [0, 0.1) is 21.7 Å². The van der Waals surface area contributed by atoms with E-state index in [2.05, 4.69) is 57.8 Å². The van der Waals surface area contributed by atoms with Gasteiger partial charge in [-0.2, -0.15) is 0 Å². The number of nitrogens with one attached hydrogen (secondary N) is 1. The van der Waals surface area contributed by atoms with Gasteiger partial charge in [0.05, 0.1) is 11.1 Å². The molecule has 0 radical (unpaired) electrons. The van der Waals surface area contributed by atoms with Crippen molar-refractivity contribution in [1.29, 1.82) is 0 Å². The molecule has 4 saturated heterocycles. The Hall–Kier alpha value is -3.16. The number of hydrogen-bond donors (Lipinski definition) is 2. The van der Waals surface area contributed by atoms with Gasteiger partial charge in [-0.05, 0) is 151 Å². The van der Waals surface area contributed by atoms with Gasteiger partial charge < -0.3 is 34.6 Å². The molecule has 8 rings (SSSR count). The number of nitrogens with zero attached hydrogens (tertiary/aromatic N) is 3. The molecule has 2 aromatic rings. The van der Waals surface area contributed by atoms with Gasteiger partial charge in [0.25, 0.3) is 5.91 Å². The van der Waals surface area contributed by atoms with E-state index in [9.17, 15) is 19.2 Å². The standard InChI is InChI=1S/C25H38N2O3S.C15H21NO4S.C10H19N/c1-23(2,3)30-22(29)26-9-7-17(8-10-26)20-11-18(14-31-20)21(28)27-16-25(6)13-19(27)12-24(4,5)15-25;1-15(2,3)20-14(19)16-6-4-10(5-7-16)12-8-11(9-21-12)13(17)18;1-9(2)4-8-5-10(3,6-9)7-11-8/h11,14,17,19H,7-10,12-13,15-16H2,1-6H3;8-10H,4-7H2,1-3H3,(H,17,18);8,11H,4-7H2,1-3H3. The molecule has 2 aliphatic carbocycles. The van der Waals surface area contributed by atoms with Gasteiger partial charge in [0.15, 0.2) is 0 Å². The van der Waals surface area contributed by atoms with Crippen molar-refractivity contribution < 1.29 is 33.8 Å². The van der Waals surface area contributed by atoms with Crippen LogP contribution in [-0.4, -0.2) is 106 Å². The van der Waals surface area contributed by atoms with Crippen LogP contribution < -0.4 is 5.32 Å². The van der Waals surface area contributed by atoms with Crippen molar-refractivity contribution in [2.24, 2.45) is 21.7 Å². The number of fused-ring (bicyclic) bond motifs is 4. The number of ether oxygens (including phenoxy) is 2. The molecule has 2 saturated carbocycles. The number of thiophene rings is 2. The molecule has 4 atom stereocenters. The van der Waals surface area contributed by atoms with E-state index in [1.165, 1.54) is 48.4 Å². The second-order valence-corrected chi connectivity index (χ2v) is 25.9. The Kier molecular flexibility index (Phi) is 14.6. The van der Waals surface area contributed by atoms with E-state index in [-0.39, 0.29) is 23.5 Å². The monoisotopic (exact) mass is 911 g/mol. The van der Waals surface area contributed by atoms with E-state index in [1.807, 2.05) is 51.8 Å². The minimum atomic E-state index is -0.885. The molecular formula is C50H78N4O7S2. The average molecular weight is 911 g/mol. The SMILES string of the molecule is CC(C)(C)OC(=O)N1CCC(c2cc(C(=O)O)cs2)CC1.CC1(C)CC2CC(C)(CN2)C1.CC1(C)CC2CC(C)(CN2C(=O)c2csc(C3CCN(C(=O)OC(C)(C)C)CC3)c2)C1. The Morgan fingerprint density at radius 3 is 1.59 bits per heavy atom. The molecule has 11 nitrogen and oxygen atoms in total. The van der Waals surface area contributed by atoms with Gasteiger partial charge in [-0.1, -0.05) is 41.5 Å². The lowest BCUT2D eigenvalue weighted by atomic mass is 9.65. The summed E-state index contributed by atoms with van der Waals surface area (Å²) < 4.78 is 10.9. The lowest BCUT2D eigenvalue weighted by molar-refractivity contribution is 0.0195. The third kappa shape index (κ3) is 13.2. The van der Waals surface area contributed by atoms with Gasteiger partial charge in [-0.15, -0.1) is 22.7 Å². The van der Waals surface area contributed by atoms with E-state index < -0.39 is 17.2 Å². The molecule has 6 fully saturated rings. The number of carbonyl (C=O) groups is 4. The quantitative estimate of drug-likeness (QED) is 0.310. The Bertz CT molecular complexity index is 1940. The molecule has 4 bridgehead atoms. The molecule has 0 aromatic carbocycles. The Morgan fingerprint density at radius 1 is 0.667 bits per heavy atom. The summed E-state index contributed by atoms with van der Waals surface area (Å²) in [6.45, 7) is 30.4. The fourth-order valence-corrected chi connectivity index (χ4v) is 14.0. The summed E-state index contributed by atoms with van der Waals surface area (Å²) in [6.07, 6.45) is 10.7. The van der Waals surface area contributed by atoms with Crippen molar-refractivity contribution in [2.75, 3.05) is 39.3 Å². The number of carboxylic acid groups (broad SMARTS) is 1. The number of piperidine rings is 2. The molecule has 4 unspecified atom stereocenters. The molecule has 2 aromatic heterocycles. The van der Waals surface area contributed by atoms with Crippen molar-refractivity contribution in [2.45, 2.75) is 182 Å². The highest BCUT2D eigenvalue weighted by Crippen LogP contribution is 2.53. The molecule has 6 aliphatic rings. The van der Waals surface area contributed by atoms with Gasteiger partial charge >= 0.3 is 18.2 Å². The number of carboxylic acids is 1. The maximum absolute atomic E-state index is 13.4. The molecular weight excluding hydrogens is 833 g/mol. The first-order valence-corrected chi connectivity index (χ1v) is 25.3. The Morgan fingerprint density at radius 2 is 1.13 bits per heavy atom. The number of hydrogen-bond acceptors (Lipinski definition) is 9. The zero-order chi connectivity index (χ0) is 46.3. The van der Waals surface area contributed by atoms with Crippen molar-refractivity contribution in [1.82, 2.24) is 20.0 Å². The average Bonchev–Trinajstić information content (AvgIpc) is 3.95. The van der Waals surface area contributed by atoms with E-state index in [0.29, 0.717) is 65.9 Å². The normalized spacial score (nSPS) is 28.0. The second-order valence-electron chi connectivity index (χ2n) is 24.0. The number of rotatable bonds is 4. The van der Waals surface area contributed by atoms with Crippen molar-refractivity contribution >= 4 is 46.7 Å². The zero-order valence-corrected chi connectivity index (χ0v) is 42.1. The summed E-state index contributed by atoms with van der Waals surface area (Å²) in [4.78, 5) is 56.7. The number of amides is 3. The van der Waals surface area contributed by atoms with Gasteiger partial charge in [0.1, 0.15) is 11.2 Å². The molecule has 2 N–H and O–H groups in total. The predicted octanol–water partition coefficient (Wildman–Crippen LogP) is 11.6. The number of carbonyl (C=O) groups excluding carboxylic acids is 3. The van der Waals surface area contributed by atoms with Crippen LogP contribution in [0.5, 0.6) is 0 Å². The third-order valence-corrected chi connectivity index (χ3v) is 16.0. The fraction of sp³-hybridized carbons (Fsp3) is 0.760. The van der Waals surface area contributed by atoms with E-state index in [0.717, 1.165) is 61.6 Å². The Labute approximate surface area is 386 Å². The third-order valence-electron chi connectivity index (χ3n) is 13.8. The van der Waals surface area contributed by atoms with Crippen LogP contribution in [0.25, 0.3) is 0 Å². The van der Waals surface area contributed by atoms with Gasteiger partial charge in [0.2, 0.25) is 0 Å². The first kappa shape index (κ1) is 49.3. The first-order valence-electron chi connectivity index (χ1n) is 23.5. The summed E-state index contributed by atoms with van der Waals surface area (Å²) in [5, 5.41) is 16.3. The summed E-state index contributed by atoms with van der Waals surface area (Å²) in [7, 11) is 0. The second kappa shape index (κ2) is 18.6. The molecule has 6 heterocycles. The van der Waals surface area contributed by atoms with Gasteiger partial charge in [0, 0.05) is 71.9 Å². The lowest BCUT2D eigenvalue weighted by Gasteiger charge is -2.39. The van der Waals surface area contributed by atoms with E-state index in [1.54, 1.807) is 27.7 Å². The Balaban J connectivity index is 0.000000177. The predicted molar refractivity (Wildman–Crippen MR) is 253 cm³/mol. The zero-order valence-electron chi connectivity index (χ0n) is 40.5. The summed E-state index contributed by atoms with van der Waals surface area (Å²) in [5.41, 5.74) is 2.04. The van der Waals surface area contributed by atoms with Crippen LogP contribution in [0.4, 0.5) is 9.59 Å². The summed E-state index contributed by atoms with van der Waals surface area (Å²) >= 11 is 3.19. The van der Waals surface area contributed by atoms with Crippen LogP contribution in [0.2, 0.25) is 0 Å². The van der Waals surface area contributed by atoms with Crippen molar-refractivity contribution in [3.63, 3.8) is 0 Å². The van der Waals surface area contributed by atoms with Crippen LogP contribution in [-0.2, 0) is 9.47 Å². The van der Waals surface area contributed by atoms with Crippen LogP contribution in [0.1, 0.15) is 190 Å². The first-order chi connectivity index (χ1) is 29.1. The molecule has 0 spiro atoms. The molecule has 63 heavy (non-hydrogen) atoms. The fourth-order valence-electron chi connectivity index (χ4n) is 11.9. The van der Waals surface area contributed by atoms with E-state index in [4.69, 9.17) is 14.6 Å². The molecule has 13 heteroatoms. The van der Waals surface area contributed by atoms with Gasteiger partial charge in [-0.3, -0.25) is 4.79 Å². The van der Waals surface area contributed by atoms with Crippen LogP contribution in [0.3, 0.4) is 0 Å². The van der Waals surface area contributed by atoms with Gasteiger partial charge in [-0.25, -0.2) is 14.4 Å². The van der Waals surface area contributed by atoms with Crippen LogP contribution >= 0.6 is 22.7 Å². The number of likely N-dealkylation sites (tertiary alicyclic amines) is 3. The smallest absolute Gasteiger partial charge is 0.410 e. The molecule has 4 aliphatic heterocycles. The summed E-state index contributed by atoms with van der Waals surface area (Å²) in [6, 6.07) is 5.07. The maximum atomic E-state index is 13.4. The van der Waals surface area contributed by atoms with E-state index >= 15 is 0 Å². The highest BCUT2D eigenvalue weighted by Gasteiger charge is 2.51. The molecule has 3 amide bonds. The van der Waals surface area contributed by atoms with Crippen LogP contribution in [0.15, 0.2) is 22.9 Å². The largest absolute Gasteiger partial charge is 0.478 e. The highest BCUT2D eigenvalue weighted by molar-refractivity contribution is 7.10. The topological polar surface area (TPSA) is 129 Å². The lowest BCUT2D eigenvalue weighted by Crippen LogP contribution is -2.41. The van der Waals surface area contributed by atoms with Crippen molar-refractivity contribution in [3.05, 3.63) is 43.8 Å². The highest BCUT2D eigenvalue weighted by atomic mass is 32.1. The molecule has 352 valence electrons. The minimum absolute atomic E-state index is 0.208.